The molecule has 0 radical (unpaired) electrons. The molecule has 1 amide bonds. The standard InChI is InChI=1S/C25H29N3O5S/c29-24(28-14-6-8-20(28)18-11-12-21-22(17-18)33-16-15-32-21)10-2-1-5-13-26-25-19-7-3-4-9-23(19)34(30,31)27-25/h3-4,7,9,11-12,17,20H,1-2,5-6,8,10,13-16H2,(H,26,27). The minimum Gasteiger partial charge on any atom is -0.486 e. The van der Waals surface area contributed by atoms with Gasteiger partial charge in [-0.25, -0.2) is 8.42 Å². The van der Waals surface area contributed by atoms with Crippen LogP contribution in [0.5, 0.6) is 11.5 Å². The van der Waals surface area contributed by atoms with Crippen molar-refractivity contribution in [2.24, 2.45) is 4.99 Å². The Morgan fingerprint density at radius 2 is 1.88 bits per heavy atom. The van der Waals surface area contributed by atoms with Crippen LogP contribution in [0.1, 0.15) is 55.7 Å². The number of rotatable bonds is 7. The molecule has 34 heavy (non-hydrogen) atoms. The molecule has 0 spiro atoms. The lowest BCUT2D eigenvalue weighted by Gasteiger charge is -2.27. The molecule has 0 saturated carbocycles. The molecule has 3 aliphatic rings. The normalized spacial score (nSPS) is 21.4. The quantitative estimate of drug-likeness (QED) is 0.609. The lowest BCUT2D eigenvalue weighted by molar-refractivity contribution is -0.132. The summed E-state index contributed by atoms with van der Waals surface area (Å²) in [7, 11) is -3.50. The van der Waals surface area contributed by atoms with Crippen molar-refractivity contribution in [3.8, 4) is 11.5 Å². The van der Waals surface area contributed by atoms with E-state index in [1.165, 1.54) is 0 Å². The molecule has 0 bridgehead atoms. The number of nitrogens with zero attached hydrogens (tertiary/aromatic N) is 2. The zero-order valence-electron chi connectivity index (χ0n) is 19.0. The lowest BCUT2D eigenvalue weighted by atomic mass is 10.0. The van der Waals surface area contributed by atoms with Gasteiger partial charge in [0.05, 0.1) is 10.9 Å². The van der Waals surface area contributed by atoms with Crippen molar-refractivity contribution in [1.82, 2.24) is 9.62 Å². The zero-order valence-corrected chi connectivity index (χ0v) is 19.9. The highest BCUT2D eigenvalue weighted by Gasteiger charge is 2.31. The SMILES string of the molecule is O=C(CCCCCN=C1NS(=O)(=O)c2ccccc21)N1CCCC1c1ccc2c(c1)OCCO2. The van der Waals surface area contributed by atoms with Crippen molar-refractivity contribution in [2.75, 3.05) is 26.3 Å². The Balaban J connectivity index is 1.10. The maximum absolute atomic E-state index is 12.9. The van der Waals surface area contributed by atoms with Gasteiger partial charge in [0.15, 0.2) is 11.5 Å². The van der Waals surface area contributed by atoms with Crippen molar-refractivity contribution < 1.29 is 22.7 Å². The first-order chi connectivity index (χ1) is 16.5. The highest BCUT2D eigenvalue weighted by Crippen LogP contribution is 2.38. The fourth-order valence-electron chi connectivity index (χ4n) is 4.83. The number of nitrogens with one attached hydrogen (secondary N) is 1. The first-order valence-corrected chi connectivity index (χ1v) is 13.4. The predicted molar refractivity (Wildman–Crippen MR) is 128 cm³/mol. The third-order valence-electron chi connectivity index (χ3n) is 6.51. The number of amidine groups is 1. The van der Waals surface area contributed by atoms with Crippen LogP contribution >= 0.6 is 0 Å². The molecule has 1 fully saturated rings. The Bertz CT molecular complexity index is 1210. The average molecular weight is 484 g/mol. The summed E-state index contributed by atoms with van der Waals surface area (Å²) >= 11 is 0. The van der Waals surface area contributed by atoms with E-state index < -0.39 is 10.0 Å². The van der Waals surface area contributed by atoms with E-state index in [4.69, 9.17) is 9.47 Å². The molecule has 0 aliphatic carbocycles. The van der Waals surface area contributed by atoms with E-state index in [1.54, 1.807) is 24.3 Å². The summed E-state index contributed by atoms with van der Waals surface area (Å²) in [4.78, 5) is 19.7. The number of carbonyl (C=O) groups excluding carboxylic acids is 1. The average Bonchev–Trinajstić information content (AvgIpc) is 3.44. The van der Waals surface area contributed by atoms with Gasteiger partial charge in [-0.2, -0.15) is 0 Å². The molecular formula is C25H29N3O5S. The van der Waals surface area contributed by atoms with Gasteiger partial charge in [-0.3, -0.25) is 14.5 Å². The van der Waals surface area contributed by atoms with Gasteiger partial charge in [-0.15, -0.1) is 0 Å². The summed E-state index contributed by atoms with van der Waals surface area (Å²) in [6.45, 7) is 2.42. The number of amides is 1. The highest BCUT2D eigenvalue weighted by atomic mass is 32.2. The van der Waals surface area contributed by atoms with Gasteiger partial charge in [0.2, 0.25) is 5.91 Å². The Hall–Kier alpha value is -3.07. The second kappa shape index (κ2) is 9.66. The highest BCUT2D eigenvalue weighted by molar-refractivity contribution is 7.90. The molecular weight excluding hydrogens is 454 g/mol. The molecule has 1 N–H and O–H groups in total. The topological polar surface area (TPSA) is 97.3 Å². The second-order valence-corrected chi connectivity index (χ2v) is 10.4. The molecule has 1 unspecified atom stereocenters. The molecule has 3 aliphatic heterocycles. The van der Waals surface area contributed by atoms with Crippen LogP contribution < -0.4 is 14.2 Å². The number of ether oxygens (including phenoxy) is 2. The largest absolute Gasteiger partial charge is 0.486 e. The number of carbonyl (C=O) groups is 1. The third-order valence-corrected chi connectivity index (χ3v) is 7.90. The van der Waals surface area contributed by atoms with E-state index in [1.807, 2.05) is 23.1 Å². The Morgan fingerprint density at radius 3 is 2.76 bits per heavy atom. The number of aliphatic imine (C=N–C) groups is 1. The number of hydrogen-bond acceptors (Lipinski definition) is 6. The van der Waals surface area contributed by atoms with Crippen molar-refractivity contribution in [2.45, 2.75) is 49.5 Å². The summed E-state index contributed by atoms with van der Waals surface area (Å²) in [5.74, 6) is 2.12. The van der Waals surface area contributed by atoms with E-state index in [2.05, 4.69) is 9.71 Å². The van der Waals surface area contributed by atoms with Crippen molar-refractivity contribution >= 4 is 21.8 Å². The Kier molecular flexibility index (Phi) is 6.45. The van der Waals surface area contributed by atoms with Gasteiger partial charge in [0, 0.05) is 25.1 Å². The summed E-state index contributed by atoms with van der Waals surface area (Å²) in [5, 5.41) is 0. The van der Waals surface area contributed by atoms with E-state index in [0.717, 1.165) is 55.7 Å². The molecule has 5 rings (SSSR count). The summed E-state index contributed by atoms with van der Waals surface area (Å²) in [5.41, 5.74) is 1.72. The van der Waals surface area contributed by atoms with Crippen molar-refractivity contribution in [3.05, 3.63) is 53.6 Å². The third kappa shape index (κ3) is 4.61. The number of hydrogen-bond donors (Lipinski definition) is 1. The fraction of sp³-hybridized carbons (Fsp3) is 0.440. The number of fused-ring (bicyclic) bond motifs is 2. The second-order valence-electron chi connectivity index (χ2n) is 8.79. The van der Waals surface area contributed by atoms with Crippen LogP contribution in [0.3, 0.4) is 0 Å². The van der Waals surface area contributed by atoms with Gasteiger partial charge < -0.3 is 14.4 Å². The Morgan fingerprint density at radius 1 is 1.06 bits per heavy atom. The first-order valence-electron chi connectivity index (χ1n) is 11.9. The van der Waals surface area contributed by atoms with Crippen molar-refractivity contribution in [3.63, 3.8) is 0 Å². The van der Waals surface area contributed by atoms with Gasteiger partial charge in [-0.1, -0.05) is 24.6 Å². The fourth-order valence-corrected chi connectivity index (χ4v) is 6.08. The number of benzene rings is 2. The van der Waals surface area contributed by atoms with E-state index >= 15 is 0 Å². The van der Waals surface area contributed by atoms with E-state index in [0.29, 0.717) is 37.6 Å². The molecule has 2 aromatic rings. The molecule has 1 atom stereocenters. The van der Waals surface area contributed by atoms with Crippen LogP contribution in [-0.2, 0) is 14.8 Å². The molecule has 180 valence electrons. The van der Waals surface area contributed by atoms with Crippen LogP contribution in [-0.4, -0.2) is 51.4 Å². The maximum Gasteiger partial charge on any atom is 0.263 e. The lowest BCUT2D eigenvalue weighted by Crippen LogP contribution is -2.30. The maximum atomic E-state index is 12.9. The molecule has 0 aromatic heterocycles. The van der Waals surface area contributed by atoms with Crippen LogP contribution in [0.25, 0.3) is 0 Å². The Labute approximate surface area is 200 Å². The van der Waals surface area contributed by atoms with E-state index in [-0.39, 0.29) is 16.8 Å². The monoisotopic (exact) mass is 483 g/mol. The van der Waals surface area contributed by atoms with E-state index in [9.17, 15) is 13.2 Å². The van der Waals surface area contributed by atoms with Crippen LogP contribution in [0.4, 0.5) is 0 Å². The van der Waals surface area contributed by atoms with Crippen molar-refractivity contribution in [1.29, 1.82) is 0 Å². The minimum absolute atomic E-state index is 0.0881. The molecule has 8 nitrogen and oxygen atoms in total. The molecule has 3 heterocycles. The van der Waals surface area contributed by atoms with Gasteiger partial charge in [0.25, 0.3) is 10.0 Å². The zero-order chi connectivity index (χ0) is 23.5. The minimum atomic E-state index is -3.50. The van der Waals surface area contributed by atoms with Gasteiger partial charge >= 0.3 is 0 Å². The molecule has 2 aromatic carbocycles. The number of likely N-dealkylation sites (tertiary alicyclic amines) is 1. The number of sulfonamides is 1. The van der Waals surface area contributed by atoms with Gasteiger partial charge in [-0.05, 0) is 55.5 Å². The number of unbranched alkanes of at least 4 members (excludes halogenated alkanes) is 2. The molecule has 9 heteroatoms. The summed E-state index contributed by atoms with van der Waals surface area (Å²) in [6, 6.07) is 12.9. The first kappa shape index (κ1) is 22.7. The predicted octanol–water partition coefficient (Wildman–Crippen LogP) is 3.42. The van der Waals surface area contributed by atoms with Crippen LogP contribution in [0.2, 0.25) is 0 Å². The summed E-state index contributed by atoms with van der Waals surface area (Å²) in [6.07, 6.45) is 4.91. The molecule has 1 saturated heterocycles. The smallest absolute Gasteiger partial charge is 0.263 e. The van der Waals surface area contributed by atoms with Crippen LogP contribution in [0.15, 0.2) is 52.4 Å². The van der Waals surface area contributed by atoms with Gasteiger partial charge in [0.1, 0.15) is 19.0 Å². The summed E-state index contributed by atoms with van der Waals surface area (Å²) < 4.78 is 38.2. The van der Waals surface area contributed by atoms with Crippen LogP contribution in [0, 0.1) is 0 Å².